The Bertz CT molecular complexity index is 1270. The van der Waals surface area contributed by atoms with Gasteiger partial charge in [-0.05, 0) is 31.9 Å². The van der Waals surface area contributed by atoms with Gasteiger partial charge in [0, 0.05) is 43.2 Å². The first-order chi connectivity index (χ1) is 17.0. The first-order valence-corrected chi connectivity index (χ1v) is 13.8. The number of carboxylic acid groups (broad SMARTS) is 1. The molecule has 8 nitrogen and oxygen atoms in total. The topological polar surface area (TPSA) is 103 Å². The van der Waals surface area contributed by atoms with Gasteiger partial charge in [0.2, 0.25) is 0 Å². The van der Waals surface area contributed by atoms with E-state index in [1.54, 1.807) is 0 Å². The van der Waals surface area contributed by atoms with Crippen molar-refractivity contribution in [3.63, 3.8) is 0 Å². The van der Waals surface area contributed by atoms with E-state index in [9.17, 15) is 12.8 Å². The van der Waals surface area contributed by atoms with Gasteiger partial charge in [0.25, 0.3) is 16.5 Å². The highest BCUT2D eigenvalue weighted by Crippen LogP contribution is 2.36. The molecular formula is C24H28ClFN4O4S2. The molecular weight excluding hydrogens is 527 g/mol. The molecule has 1 aliphatic rings. The number of hydrogen-bond acceptors (Lipinski definition) is 7. The molecule has 2 heterocycles. The Balaban J connectivity index is 0.00000115. The molecule has 0 saturated carbocycles. The van der Waals surface area contributed by atoms with Crippen molar-refractivity contribution < 1.29 is 22.7 Å². The van der Waals surface area contributed by atoms with E-state index >= 15 is 0 Å². The summed E-state index contributed by atoms with van der Waals surface area (Å²) in [6.07, 6.45) is 0.885. The van der Waals surface area contributed by atoms with Crippen LogP contribution in [0.4, 0.5) is 15.9 Å². The summed E-state index contributed by atoms with van der Waals surface area (Å²) in [5, 5.41) is 8.60. The number of carbonyl (C=O) groups is 1. The lowest BCUT2D eigenvalue weighted by molar-refractivity contribution is -0.122. The van der Waals surface area contributed by atoms with Crippen LogP contribution < -0.4 is 9.62 Å². The maximum Gasteiger partial charge on any atom is 0.290 e. The summed E-state index contributed by atoms with van der Waals surface area (Å²) < 4.78 is 42.5. The maximum atomic E-state index is 15.0. The van der Waals surface area contributed by atoms with Crippen LogP contribution in [0.5, 0.6) is 0 Å². The van der Waals surface area contributed by atoms with Gasteiger partial charge in [-0.2, -0.15) is 0 Å². The summed E-state index contributed by atoms with van der Waals surface area (Å²) in [6, 6.07) is 12.8. The standard InChI is InChI=1S/C23H26ClFN4O2S2.CH2O2/c1-23(2,16-7-5-4-6-8-16)29-10-9-17(13-29)28(3)20-12-19(25)21(11-18(20)24)33(30,31)27-22-14-32-15-26-22;2-1-3/h4-8,11-12,14-15,17,27H,9-10,13H2,1-3H3;1H,(H,2,3)/t17-;/m0./s1. The minimum absolute atomic E-state index is 0.112. The van der Waals surface area contributed by atoms with E-state index in [0.717, 1.165) is 25.6 Å². The van der Waals surface area contributed by atoms with Gasteiger partial charge >= 0.3 is 0 Å². The van der Waals surface area contributed by atoms with Crippen LogP contribution in [0.1, 0.15) is 25.8 Å². The average molecular weight is 555 g/mol. The molecule has 1 saturated heterocycles. The Kier molecular flexibility index (Phi) is 8.93. The number of benzene rings is 2. The highest BCUT2D eigenvalue weighted by Gasteiger charge is 2.36. The minimum Gasteiger partial charge on any atom is -0.483 e. The molecule has 3 aromatic rings. The third kappa shape index (κ3) is 6.15. The van der Waals surface area contributed by atoms with Crippen LogP contribution >= 0.6 is 22.9 Å². The third-order valence-corrected chi connectivity index (χ3v) is 8.58. The lowest BCUT2D eigenvalue weighted by Gasteiger charge is -2.37. The number of sulfonamides is 1. The lowest BCUT2D eigenvalue weighted by atomic mass is 9.92. The number of nitrogens with one attached hydrogen (secondary N) is 1. The summed E-state index contributed by atoms with van der Waals surface area (Å²) in [7, 11) is -2.28. The lowest BCUT2D eigenvalue weighted by Crippen LogP contribution is -2.42. The number of likely N-dealkylation sites (tertiary alicyclic amines) is 1. The maximum absolute atomic E-state index is 15.0. The summed E-state index contributed by atoms with van der Waals surface area (Å²) in [4.78, 5) is 16.1. The van der Waals surface area contributed by atoms with Gasteiger partial charge in [0.1, 0.15) is 10.7 Å². The van der Waals surface area contributed by atoms with Gasteiger partial charge < -0.3 is 10.0 Å². The number of aromatic nitrogens is 1. The van der Waals surface area contributed by atoms with Crippen LogP contribution in [0.25, 0.3) is 0 Å². The molecule has 36 heavy (non-hydrogen) atoms. The first-order valence-electron chi connectivity index (χ1n) is 11.0. The molecule has 0 bridgehead atoms. The molecule has 0 aliphatic carbocycles. The number of nitrogens with zero attached hydrogens (tertiary/aromatic N) is 3. The predicted octanol–water partition coefficient (Wildman–Crippen LogP) is 4.88. The predicted molar refractivity (Wildman–Crippen MR) is 141 cm³/mol. The molecule has 2 N–H and O–H groups in total. The van der Waals surface area contributed by atoms with Crippen molar-refractivity contribution in [1.29, 1.82) is 0 Å². The van der Waals surface area contributed by atoms with Crippen molar-refractivity contribution in [3.05, 3.63) is 69.8 Å². The van der Waals surface area contributed by atoms with E-state index in [1.807, 2.05) is 30.1 Å². The van der Waals surface area contributed by atoms with E-state index in [4.69, 9.17) is 21.5 Å². The quantitative estimate of drug-likeness (QED) is 0.401. The molecule has 1 atom stereocenters. The fourth-order valence-corrected chi connectivity index (χ4v) is 6.25. The third-order valence-electron chi connectivity index (χ3n) is 6.32. The van der Waals surface area contributed by atoms with Gasteiger partial charge in [0.05, 0.1) is 16.2 Å². The Hall–Kier alpha value is -2.73. The Morgan fingerprint density at radius 1 is 1.31 bits per heavy atom. The molecule has 2 aromatic carbocycles. The van der Waals surface area contributed by atoms with Crippen LogP contribution in [-0.2, 0) is 20.4 Å². The SMILES string of the molecule is CN(c1cc(F)c(S(=O)(=O)Nc2cscn2)cc1Cl)[C@H]1CCN(C(C)(C)c2ccccc2)C1.O=CO. The largest absolute Gasteiger partial charge is 0.483 e. The Labute approximate surface area is 219 Å². The van der Waals surface area contributed by atoms with E-state index in [0.29, 0.717) is 5.69 Å². The van der Waals surface area contributed by atoms with Crippen LogP contribution in [0.15, 0.2) is 58.3 Å². The second kappa shape index (κ2) is 11.5. The molecule has 0 unspecified atom stereocenters. The van der Waals surface area contributed by atoms with E-state index in [2.05, 4.69) is 40.6 Å². The van der Waals surface area contributed by atoms with E-state index in [1.165, 1.54) is 33.9 Å². The van der Waals surface area contributed by atoms with Crippen LogP contribution in [-0.4, -0.2) is 56.1 Å². The van der Waals surface area contributed by atoms with E-state index in [-0.39, 0.29) is 28.9 Å². The molecule has 194 valence electrons. The smallest absolute Gasteiger partial charge is 0.290 e. The van der Waals surface area contributed by atoms with Crippen molar-refractivity contribution in [2.45, 2.75) is 36.7 Å². The molecule has 1 aromatic heterocycles. The van der Waals surface area contributed by atoms with Gasteiger partial charge in [-0.3, -0.25) is 14.4 Å². The highest BCUT2D eigenvalue weighted by molar-refractivity contribution is 7.92. The molecule has 12 heteroatoms. The Morgan fingerprint density at radius 2 is 1.97 bits per heavy atom. The summed E-state index contributed by atoms with van der Waals surface area (Å²) in [5.74, 6) is -0.716. The average Bonchev–Trinajstić information content (AvgIpc) is 3.53. The number of likely N-dealkylation sites (N-methyl/N-ethyl adjacent to an activating group) is 1. The highest BCUT2D eigenvalue weighted by atomic mass is 35.5. The molecule has 0 amide bonds. The zero-order valence-electron chi connectivity index (χ0n) is 20.1. The summed E-state index contributed by atoms with van der Waals surface area (Å²) in [6.45, 7) is 5.82. The number of thiazole rings is 1. The molecule has 0 spiro atoms. The van der Waals surface area contributed by atoms with Gasteiger partial charge in [-0.15, -0.1) is 11.3 Å². The minimum atomic E-state index is -4.15. The molecule has 4 rings (SSSR count). The van der Waals surface area contributed by atoms with Crippen LogP contribution in [0.3, 0.4) is 0 Å². The van der Waals surface area contributed by atoms with Gasteiger partial charge in [-0.1, -0.05) is 41.9 Å². The van der Waals surface area contributed by atoms with Crippen molar-refractivity contribution >= 4 is 50.9 Å². The molecule has 1 aliphatic heterocycles. The number of anilines is 2. The van der Waals surface area contributed by atoms with Crippen molar-refractivity contribution in [1.82, 2.24) is 9.88 Å². The second-order valence-electron chi connectivity index (χ2n) is 8.74. The van der Waals surface area contributed by atoms with Crippen LogP contribution in [0.2, 0.25) is 5.02 Å². The second-order valence-corrected chi connectivity index (χ2v) is 11.5. The van der Waals surface area contributed by atoms with Gasteiger partial charge in [-0.25, -0.2) is 17.8 Å². The van der Waals surface area contributed by atoms with Crippen molar-refractivity contribution in [2.75, 3.05) is 29.8 Å². The normalized spacial score (nSPS) is 16.2. The van der Waals surface area contributed by atoms with Crippen molar-refractivity contribution in [3.8, 4) is 0 Å². The van der Waals surface area contributed by atoms with Gasteiger partial charge in [0.15, 0.2) is 5.82 Å². The van der Waals surface area contributed by atoms with E-state index < -0.39 is 20.7 Å². The zero-order chi connectivity index (χ0) is 26.5. The fraction of sp³-hybridized carbons (Fsp3) is 0.333. The molecule has 0 radical (unpaired) electrons. The number of hydrogen-bond donors (Lipinski definition) is 2. The fourth-order valence-electron chi connectivity index (χ4n) is 4.24. The van der Waals surface area contributed by atoms with Crippen LogP contribution in [0, 0.1) is 5.82 Å². The molecule has 1 fully saturated rings. The zero-order valence-corrected chi connectivity index (χ0v) is 22.4. The number of halogens is 2. The van der Waals surface area contributed by atoms with Crippen molar-refractivity contribution in [2.24, 2.45) is 0 Å². The Morgan fingerprint density at radius 3 is 2.58 bits per heavy atom. The number of rotatable bonds is 7. The summed E-state index contributed by atoms with van der Waals surface area (Å²) in [5.41, 5.74) is 3.04. The monoisotopic (exact) mass is 554 g/mol. The first kappa shape index (κ1) is 27.9. The summed E-state index contributed by atoms with van der Waals surface area (Å²) >= 11 is 7.69.